The van der Waals surface area contributed by atoms with Gasteiger partial charge in [-0.1, -0.05) is 53.7 Å². The number of H-pyrrole nitrogens is 1. The van der Waals surface area contributed by atoms with Crippen molar-refractivity contribution in [2.75, 3.05) is 5.32 Å². The molecule has 0 radical (unpaired) electrons. The maximum Gasteiger partial charge on any atom is 0.271 e. The minimum Gasteiger partial charge on any atom is -0.324 e. The number of carbonyl (C=O) groups excluding carboxylic acids is 1. The summed E-state index contributed by atoms with van der Waals surface area (Å²) in [7, 11) is 0. The largest absolute Gasteiger partial charge is 0.324 e. The molecule has 0 unspecified atom stereocenters. The van der Waals surface area contributed by atoms with E-state index >= 15 is 0 Å². The lowest BCUT2D eigenvalue weighted by Gasteiger charge is -2.11. The van der Waals surface area contributed by atoms with Crippen LogP contribution in [0.5, 0.6) is 0 Å². The number of non-ortho nitro benzene ring substituents is 1. The van der Waals surface area contributed by atoms with Gasteiger partial charge < -0.3 is 5.32 Å². The Morgan fingerprint density at radius 3 is 2.74 bits per heavy atom. The van der Waals surface area contributed by atoms with Crippen LogP contribution in [0.4, 0.5) is 11.4 Å². The molecule has 10 heteroatoms. The summed E-state index contributed by atoms with van der Waals surface area (Å²) in [4.78, 5) is 27.1. The number of benzene rings is 2. The number of hydrogen-bond donors (Lipinski definition) is 2. The molecule has 0 aliphatic carbocycles. The van der Waals surface area contributed by atoms with E-state index in [-0.39, 0.29) is 22.3 Å². The Hall–Kier alpha value is -2.91. The molecule has 3 rings (SSSR count). The van der Waals surface area contributed by atoms with Gasteiger partial charge in [-0.2, -0.15) is 0 Å². The van der Waals surface area contributed by atoms with Gasteiger partial charge in [-0.05, 0) is 13.0 Å². The lowest BCUT2D eigenvalue weighted by molar-refractivity contribution is -0.384. The average Bonchev–Trinajstić information content (AvgIpc) is 3.12. The number of nitro groups is 1. The topological polar surface area (TPSA) is 114 Å². The highest BCUT2D eigenvalue weighted by molar-refractivity contribution is 8.00. The van der Waals surface area contributed by atoms with Crippen LogP contribution in [0.25, 0.3) is 11.4 Å². The van der Waals surface area contributed by atoms with Crippen molar-refractivity contribution in [3.8, 4) is 11.4 Å². The van der Waals surface area contributed by atoms with E-state index in [9.17, 15) is 14.9 Å². The van der Waals surface area contributed by atoms with Gasteiger partial charge in [0.05, 0.1) is 20.9 Å². The van der Waals surface area contributed by atoms with Crippen molar-refractivity contribution in [2.45, 2.75) is 17.3 Å². The Morgan fingerprint density at radius 1 is 1.30 bits per heavy atom. The lowest BCUT2D eigenvalue weighted by atomic mass is 10.2. The first-order chi connectivity index (χ1) is 12.9. The van der Waals surface area contributed by atoms with Crippen LogP contribution in [0.1, 0.15) is 6.92 Å². The molecule has 0 spiro atoms. The van der Waals surface area contributed by atoms with E-state index in [1.807, 2.05) is 30.3 Å². The molecule has 138 valence electrons. The van der Waals surface area contributed by atoms with Crippen LogP contribution in [0.15, 0.2) is 53.7 Å². The van der Waals surface area contributed by atoms with E-state index in [2.05, 4.69) is 20.5 Å². The molecule has 2 N–H and O–H groups in total. The van der Waals surface area contributed by atoms with Gasteiger partial charge in [0.15, 0.2) is 5.82 Å². The normalized spacial score (nSPS) is 11.8. The van der Waals surface area contributed by atoms with Crippen LogP contribution in [0.2, 0.25) is 5.02 Å². The third-order valence-corrected chi connectivity index (χ3v) is 4.87. The molecular weight excluding hydrogens is 390 g/mol. The molecule has 1 atom stereocenters. The molecule has 0 aliphatic heterocycles. The summed E-state index contributed by atoms with van der Waals surface area (Å²) in [5, 5.41) is 20.5. The third-order valence-electron chi connectivity index (χ3n) is 3.58. The second-order valence-corrected chi connectivity index (χ2v) is 7.22. The van der Waals surface area contributed by atoms with Crippen LogP contribution in [0, 0.1) is 10.1 Å². The maximum absolute atomic E-state index is 12.4. The molecule has 1 aromatic heterocycles. The highest BCUT2D eigenvalue weighted by Gasteiger charge is 2.19. The number of aromatic amines is 1. The SMILES string of the molecule is C[C@@H](Sc1n[nH]c(-c2ccccc2)n1)C(=O)Nc1cc([N+](=O)[O-])ccc1Cl. The fourth-order valence-corrected chi connectivity index (χ4v) is 3.08. The highest BCUT2D eigenvalue weighted by Crippen LogP contribution is 2.28. The van der Waals surface area contributed by atoms with Crippen LogP contribution in [-0.4, -0.2) is 31.3 Å². The minimum atomic E-state index is -0.553. The Morgan fingerprint density at radius 2 is 2.04 bits per heavy atom. The van der Waals surface area contributed by atoms with Crippen molar-refractivity contribution in [3.05, 3.63) is 63.7 Å². The number of halogens is 1. The van der Waals surface area contributed by atoms with Gasteiger partial charge in [-0.3, -0.25) is 20.0 Å². The van der Waals surface area contributed by atoms with Crippen molar-refractivity contribution < 1.29 is 9.72 Å². The lowest BCUT2D eigenvalue weighted by Crippen LogP contribution is -2.22. The molecule has 0 saturated carbocycles. The minimum absolute atomic E-state index is 0.156. The fourth-order valence-electron chi connectivity index (χ4n) is 2.19. The summed E-state index contributed by atoms with van der Waals surface area (Å²) in [6.45, 7) is 1.68. The molecule has 2 aromatic carbocycles. The number of carbonyl (C=O) groups is 1. The van der Waals surface area contributed by atoms with Gasteiger partial charge in [0, 0.05) is 17.7 Å². The number of nitro benzene ring substituents is 1. The first kappa shape index (κ1) is 18.9. The van der Waals surface area contributed by atoms with E-state index in [1.165, 1.54) is 18.2 Å². The molecule has 27 heavy (non-hydrogen) atoms. The molecule has 3 aromatic rings. The zero-order valence-electron chi connectivity index (χ0n) is 14.0. The Bertz CT molecular complexity index is 980. The van der Waals surface area contributed by atoms with Crippen molar-refractivity contribution >= 4 is 40.6 Å². The van der Waals surface area contributed by atoms with Gasteiger partial charge >= 0.3 is 0 Å². The zero-order chi connectivity index (χ0) is 19.4. The van der Waals surface area contributed by atoms with Crippen LogP contribution >= 0.6 is 23.4 Å². The number of amides is 1. The Balaban J connectivity index is 1.67. The standard InChI is InChI=1S/C17H14ClN5O3S/c1-10(16(24)19-14-9-12(23(25)26)7-8-13(14)18)27-17-20-15(21-22-17)11-5-3-2-4-6-11/h2-10H,1H3,(H,19,24)(H,20,21,22)/t10-/m1/s1. The average molecular weight is 404 g/mol. The van der Waals surface area contributed by atoms with E-state index in [0.717, 1.165) is 17.3 Å². The van der Waals surface area contributed by atoms with E-state index < -0.39 is 10.2 Å². The number of anilines is 1. The second kappa shape index (κ2) is 8.19. The number of aromatic nitrogens is 3. The monoisotopic (exact) mass is 403 g/mol. The smallest absolute Gasteiger partial charge is 0.271 e. The van der Waals surface area contributed by atoms with Gasteiger partial charge in [-0.25, -0.2) is 4.98 Å². The maximum atomic E-state index is 12.4. The van der Waals surface area contributed by atoms with Crippen LogP contribution < -0.4 is 5.32 Å². The van der Waals surface area contributed by atoms with E-state index in [4.69, 9.17) is 11.6 Å². The summed E-state index contributed by atoms with van der Waals surface area (Å²) in [5.41, 5.74) is 0.914. The Labute approximate surface area is 163 Å². The number of nitrogens with one attached hydrogen (secondary N) is 2. The van der Waals surface area contributed by atoms with Gasteiger partial charge in [0.25, 0.3) is 5.69 Å². The number of nitrogens with zero attached hydrogens (tertiary/aromatic N) is 3. The number of hydrogen-bond acceptors (Lipinski definition) is 6. The van der Waals surface area contributed by atoms with E-state index in [1.54, 1.807) is 6.92 Å². The first-order valence-electron chi connectivity index (χ1n) is 7.83. The van der Waals surface area contributed by atoms with Gasteiger partial charge in [-0.15, -0.1) is 5.10 Å². The summed E-state index contributed by atoms with van der Waals surface area (Å²) < 4.78 is 0. The third kappa shape index (κ3) is 4.63. The number of thioether (sulfide) groups is 1. The zero-order valence-corrected chi connectivity index (χ0v) is 15.6. The second-order valence-electron chi connectivity index (χ2n) is 5.50. The summed E-state index contributed by atoms with van der Waals surface area (Å²) in [5.74, 6) is 0.237. The summed E-state index contributed by atoms with van der Waals surface area (Å²) >= 11 is 7.17. The highest BCUT2D eigenvalue weighted by atomic mass is 35.5. The van der Waals surface area contributed by atoms with Crippen molar-refractivity contribution in [3.63, 3.8) is 0 Å². The predicted octanol–water partition coefficient (Wildman–Crippen LogP) is 4.15. The Kier molecular flexibility index (Phi) is 5.72. The van der Waals surface area contributed by atoms with Crippen molar-refractivity contribution in [1.29, 1.82) is 0 Å². The summed E-state index contributed by atoms with van der Waals surface area (Å²) in [6.07, 6.45) is 0. The molecule has 0 aliphatic rings. The quantitative estimate of drug-likeness (QED) is 0.363. The molecule has 0 bridgehead atoms. The molecule has 1 amide bonds. The van der Waals surface area contributed by atoms with Gasteiger partial charge in [0.2, 0.25) is 11.1 Å². The van der Waals surface area contributed by atoms with Crippen LogP contribution in [0.3, 0.4) is 0 Å². The summed E-state index contributed by atoms with van der Waals surface area (Å²) in [6, 6.07) is 13.3. The molecule has 8 nitrogen and oxygen atoms in total. The van der Waals surface area contributed by atoms with E-state index in [0.29, 0.717) is 11.0 Å². The first-order valence-corrected chi connectivity index (χ1v) is 9.09. The van der Waals surface area contributed by atoms with Crippen LogP contribution in [-0.2, 0) is 4.79 Å². The molecule has 0 saturated heterocycles. The number of rotatable bonds is 6. The molecule has 0 fully saturated rings. The van der Waals surface area contributed by atoms with Gasteiger partial charge in [0.1, 0.15) is 0 Å². The van der Waals surface area contributed by atoms with Crippen molar-refractivity contribution in [1.82, 2.24) is 15.2 Å². The fraction of sp³-hybridized carbons (Fsp3) is 0.118. The molecule has 1 heterocycles. The predicted molar refractivity (Wildman–Crippen MR) is 104 cm³/mol. The van der Waals surface area contributed by atoms with Crippen molar-refractivity contribution in [2.24, 2.45) is 0 Å². The molecular formula is C17H14ClN5O3S.